The first kappa shape index (κ1) is 17.9. The summed E-state index contributed by atoms with van der Waals surface area (Å²) in [5.41, 5.74) is 0.515. The number of rotatable bonds is 8. The zero-order chi connectivity index (χ0) is 17.4. The zero-order valence-corrected chi connectivity index (χ0v) is 13.8. The molecule has 0 aliphatic heterocycles. The van der Waals surface area contributed by atoms with Crippen LogP contribution in [0.4, 0.5) is 0 Å². The molecule has 1 amide bonds. The minimum absolute atomic E-state index is 0.109. The van der Waals surface area contributed by atoms with Gasteiger partial charge in [-0.3, -0.25) is 9.59 Å². The number of aromatic nitrogens is 2. The van der Waals surface area contributed by atoms with Crippen molar-refractivity contribution in [1.29, 1.82) is 0 Å². The molecule has 128 valence electrons. The fourth-order valence-corrected chi connectivity index (χ4v) is 2.55. The van der Waals surface area contributed by atoms with Gasteiger partial charge in [-0.15, -0.1) is 0 Å². The molecule has 0 spiro atoms. The van der Waals surface area contributed by atoms with Gasteiger partial charge in [0.25, 0.3) is 11.5 Å². The molecule has 1 heterocycles. The Morgan fingerprint density at radius 2 is 1.96 bits per heavy atom. The van der Waals surface area contributed by atoms with Gasteiger partial charge in [0, 0.05) is 19.2 Å². The number of carbonyl (C=O) groups is 1. The molecule has 0 fully saturated rings. The Bertz CT molecular complexity index is 707. The lowest BCUT2D eigenvalue weighted by atomic mass is 10.0. The van der Waals surface area contributed by atoms with Crippen LogP contribution >= 0.6 is 0 Å². The Balaban J connectivity index is 2.11. The molecule has 2 aromatic rings. The molecule has 2 rings (SSSR count). The van der Waals surface area contributed by atoms with E-state index in [1.807, 2.05) is 6.07 Å². The highest BCUT2D eigenvalue weighted by molar-refractivity contribution is 5.92. The van der Waals surface area contributed by atoms with Crippen LogP contribution in [0.5, 0.6) is 0 Å². The molecule has 0 radical (unpaired) electrons. The second kappa shape index (κ2) is 8.98. The molecule has 0 aliphatic rings. The predicted octanol–water partition coefficient (Wildman–Crippen LogP) is 1.76. The van der Waals surface area contributed by atoms with Gasteiger partial charge in [0.1, 0.15) is 5.69 Å². The van der Waals surface area contributed by atoms with Crippen molar-refractivity contribution in [3.8, 4) is 5.69 Å². The maximum atomic E-state index is 12.3. The Morgan fingerprint density at radius 3 is 2.62 bits per heavy atom. The number of nitrogens with one attached hydrogen (secondary N) is 1. The molecule has 1 aromatic carbocycles. The van der Waals surface area contributed by atoms with Crippen LogP contribution in [0.25, 0.3) is 5.69 Å². The minimum Gasteiger partial charge on any atom is -0.396 e. The van der Waals surface area contributed by atoms with E-state index in [4.69, 9.17) is 5.11 Å². The van der Waals surface area contributed by atoms with Crippen LogP contribution < -0.4 is 10.9 Å². The zero-order valence-electron chi connectivity index (χ0n) is 13.8. The van der Waals surface area contributed by atoms with E-state index >= 15 is 0 Å². The van der Waals surface area contributed by atoms with Gasteiger partial charge >= 0.3 is 0 Å². The first-order valence-corrected chi connectivity index (χ1v) is 8.20. The lowest BCUT2D eigenvalue weighted by Gasteiger charge is -2.15. The highest BCUT2D eigenvalue weighted by Crippen LogP contribution is 2.09. The van der Waals surface area contributed by atoms with Gasteiger partial charge in [0.15, 0.2) is 0 Å². The lowest BCUT2D eigenvalue weighted by Crippen LogP contribution is -2.32. The number of nitrogens with zero attached hydrogens (tertiary/aromatic N) is 2. The van der Waals surface area contributed by atoms with Crippen molar-refractivity contribution < 1.29 is 9.90 Å². The molecule has 2 N–H and O–H groups in total. The number of para-hydroxylation sites is 1. The summed E-state index contributed by atoms with van der Waals surface area (Å²) in [5.74, 6) is -0.0808. The van der Waals surface area contributed by atoms with Crippen molar-refractivity contribution in [3.05, 3.63) is 58.5 Å². The van der Waals surface area contributed by atoms with Gasteiger partial charge in [-0.25, -0.2) is 0 Å². The SMILES string of the molecule is CCCC(CCO)CNC(=O)c1ccc(=O)n(-c2ccccc2)n1. The predicted molar refractivity (Wildman–Crippen MR) is 92.3 cm³/mol. The first-order chi connectivity index (χ1) is 11.7. The van der Waals surface area contributed by atoms with Gasteiger partial charge in [0.05, 0.1) is 5.69 Å². The van der Waals surface area contributed by atoms with E-state index in [9.17, 15) is 9.59 Å². The monoisotopic (exact) mass is 329 g/mol. The quantitative estimate of drug-likeness (QED) is 0.773. The number of hydrogen-bond acceptors (Lipinski definition) is 4. The van der Waals surface area contributed by atoms with Crippen LogP contribution in [0, 0.1) is 5.92 Å². The lowest BCUT2D eigenvalue weighted by molar-refractivity contribution is 0.0936. The van der Waals surface area contributed by atoms with E-state index in [0.717, 1.165) is 12.8 Å². The standard InChI is InChI=1S/C18H23N3O3/c1-2-6-14(11-12-22)13-19-18(24)16-9-10-17(23)21(20-16)15-7-4-3-5-8-15/h3-5,7-10,14,22H,2,6,11-13H2,1H3,(H,19,24). The average Bonchev–Trinajstić information content (AvgIpc) is 2.61. The summed E-state index contributed by atoms with van der Waals surface area (Å²) < 4.78 is 1.21. The highest BCUT2D eigenvalue weighted by atomic mass is 16.3. The third-order valence-corrected chi connectivity index (χ3v) is 3.82. The van der Waals surface area contributed by atoms with Crippen LogP contribution in [-0.4, -0.2) is 33.9 Å². The minimum atomic E-state index is -0.321. The summed E-state index contributed by atoms with van der Waals surface area (Å²) in [6.45, 7) is 2.67. The average molecular weight is 329 g/mol. The van der Waals surface area contributed by atoms with E-state index < -0.39 is 0 Å². The third-order valence-electron chi connectivity index (χ3n) is 3.82. The number of aliphatic hydroxyl groups is 1. The summed E-state index contributed by atoms with van der Waals surface area (Å²) in [7, 11) is 0. The normalized spacial score (nSPS) is 11.9. The maximum absolute atomic E-state index is 12.3. The van der Waals surface area contributed by atoms with Gasteiger partial charge in [-0.1, -0.05) is 31.5 Å². The second-order valence-corrected chi connectivity index (χ2v) is 5.68. The topological polar surface area (TPSA) is 84.2 Å². The number of amides is 1. The van der Waals surface area contributed by atoms with Crippen molar-refractivity contribution in [1.82, 2.24) is 15.1 Å². The fourth-order valence-electron chi connectivity index (χ4n) is 2.55. The van der Waals surface area contributed by atoms with Crippen molar-refractivity contribution in [2.45, 2.75) is 26.2 Å². The second-order valence-electron chi connectivity index (χ2n) is 5.68. The number of carbonyl (C=O) groups excluding carboxylic acids is 1. The Labute approximate surface area is 141 Å². The van der Waals surface area contributed by atoms with Crippen molar-refractivity contribution in [3.63, 3.8) is 0 Å². The van der Waals surface area contributed by atoms with Crippen molar-refractivity contribution >= 4 is 5.91 Å². The number of benzene rings is 1. The number of hydrogen-bond donors (Lipinski definition) is 2. The van der Waals surface area contributed by atoms with E-state index in [-0.39, 0.29) is 29.7 Å². The van der Waals surface area contributed by atoms with Crippen LogP contribution in [0.2, 0.25) is 0 Å². The Kier molecular flexibility index (Phi) is 6.69. The summed E-state index contributed by atoms with van der Waals surface area (Å²) in [4.78, 5) is 24.3. The molecular formula is C18H23N3O3. The molecule has 0 bridgehead atoms. The van der Waals surface area contributed by atoms with Crippen molar-refractivity contribution in [2.75, 3.05) is 13.2 Å². The van der Waals surface area contributed by atoms with Crippen LogP contribution in [-0.2, 0) is 0 Å². The number of aliphatic hydroxyl groups excluding tert-OH is 1. The van der Waals surface area contributed by atoms with Crippen LogP contribution in [0.15, 0.2) is 47.3 Å². The third kappa shape index (κ3) is 4.76. The van der Waals surface area contributed by atoms with Gasteiger partial charge in [0.2, 0.25) is 0 Å². The molecule has 1 unspecified atom stereocenters. The molecule has 6 nitrogen and oxygen atoms in total. The summed E-state index contributed by atoms with van der Waals surface area (Å²) in [6, 6.07) is 11.7. The summed E-state index contributed by atoms with van der Waals surface area (Å²) in [5, 5.41) is 16.1. The Morgan fingerprint density at radius 1 is 1.21 bits per heavy atom. The molecule has 0 saturated heterocycles. The smallest absolute Gasteiger partial charge is 0.271 e. The fraction of sp³-hybridized carbons (Fsp3) is 0.389. The highest BCUT2D eigenvalue weighted by Gasteiger charge is 2.13. The Hall–Kier alpha value is -2.47. The van der Waals surface area contributed by atoms with Gasteiger partial charge < -0.3 is 10.4 Å². The molecule has 0 aliphatic carbocycles. The van der Waals surface area contributed by atoms with Gasteiger partial charge in [-0.05, 0) is 37.0 Å². The molecule has 1 aromatic heterocycles. The molecule has 1 atom stereocenters. The van der Waals surface area contributed by atoms with Gasteiger partial charge in [-0.2, -0.15) is 9.78 Å². The molecular weight excluding hydrogens is 306 g/mol. The van der Waals surface area contributed by atoms with Crippen molar-refractivity contribution in [2.24, 2.45) is 5.92 Å². The van der Waals surface area contributed by atoms with Crippen LogP contribution in [0.3, 0.4) is 0 Å². The van der Waals surface area contributed by atoms with E-state index in [1.54, 1.807) is 24.3 Å². The van der Waals surface area contributed by atoms with E-state index in [2.05, 4.69) is 17.3 Å². The van der Waals surface area contributed by atoms with E-state index in [0.29, 0.717) is 18.7 Å². The van der Waals surface area contributed by atoms with Crippen LogP contribution in [0.1, 0.15) is 36.7 Å². The molecule has 0 saturated carbocycles. The molecule has 24 heavy (non-hydrogen) atoms. The summed E-state index contributed by atoms with van der Waals surface area (Å²) in [6.07, 6.45) is 2.60. The summed E-state index contributed by atoms with van der Waals surface area (Å²) >= 11 is 0. The largest absolute Gasteiger partial charge is 0.396 e. The first-order valence-electron chi connectivity index (χ1n) is 8.20. The van der Waals surface area contributed by atoms with E-state index in [1.165, 1.54) is 16.8 Å². The molecule has 6 heteroatoms. The maximum Gasteiger partial charge on any atom is 0.271 e.